The molecule has 1 aromatic carbocycles. The van der Waals surface area contributed by atoms with E-state index in [1.54, 1.807) is 6.92 Å². The second-order valence-electron chi connectivity index (χ2n) is 3.38. The van der Waals surface area contributed by atoms with E-state index in [1.807, 2.05) is 36.0 Å². The Kier molecular flexibility index (Phi) is 5.78. The molecule has 1 N–H and O–H groups in total. The van der Waals surface area contributed by atoms with Gasteiger partial charge < -0.3 is 9.94 Å². The van der Waals surface area contributed by atoms with Crippen LogP contribution in [0.3, 0.4) is 0 Å². The average molecular weight is 239 g/mol. The summed E-state index contributed by atoms with van der Waals surface area (Å²) in [7, 11) is 0. The largest absolute Gasteiger partial charge is 0.493 e. The molecule has 0 aromatic heterocycles. The third kappa shape index (κ3) is 3.77. The Bertz CT molecular complexity index is 353. The number of thioether (sulfide) groups is 1. The molecule has 3 nitrogen and oxygen atoms in total. The van der Waals surface area contributed by atoms with Gasteiger partial charge in [0.2, 0.25) is 0 Å². The summed E-state index contributed by atoms with van der Waals surface area (Å²) >= 11 is 1.81. The molecule has 0 radical (unpaired) electrons. The van der Waals surface area contributed by atoms with E-state index in [0.717, 1.165) is 23.5 Å². The topological polar surface area (TPSA) is 41.8 Å². The summed E-state index contributed by atoms with van der Waals surface area (Å²) < 4.78 is 5.66. The molecule has 0 heterocycles. The van der Waals surface area contributed by atoms with E-state index >= 15 is 0 Å². The maximum absolute atomic E-state index is 8.75. The minimum atomic E-state index is 0.570. The number of nitrogens with zero attached hydrogens (tertiary/aromatic N) is 1. The Morgan fingerprint density at radius 1 is 1.44 bits per heavy atom. The first-order chi connectivity index (χ1) is 7.79. The molecule has 88 valence electrons. The predicted octanol–water partition coefficient (Wildman–Crippen LogP) is 3.02. The monoisotopic (exact) mass is 239 g/mol. The van der Waals surface area contributed by atoms with Crippen molar-refractivity contribution in [3.05, 3.63) is 29.8 Å². The zero-order chi connectivity index (χ0) is 11.8. The van der Waals surface area contributed by atoms with Gasteiger partial charge in [0.05, 0.1) is 12.3 Å². The van der Waals surface area contributed by atoms with Gasteiger partial charge in [-0.25, -0.2) is 0 Å². The molecule has 1 aromatic rings. The fourth-order valence-electron chi connectivity index (χ4n) is 1.33. The quantitative estimate of drug-likeness (QED) is 0.359. The summed E-state index contributed by atoms with van der Waals surface area (Å²) in [6.07, 6.45) is 3.10. The maximum atomic E-state index is 8.75. The first kappa shape index (κ1) is 12.9. The third-order valence-corrected chi connectivity index (χ3v) is 2.87. The summed E-state index contributed by atoms with van der Waals surface area (Å²) in [6, 6.07) is 7.60. The number of hydrogen-bond acceptors (Lipinski definition) is 4. The van der Waals surface area contributed by atoms with Gasteiger partial charge >= 0.3 is 0 Å². The fraction of sp³-hybridized carbons (Fsp3) is 0.417. The first-order valence-electron chi connectivity index (χ1n) is 5.19. The maximum Gasteiger partial charge on any atom is 0.128 e. The molecule has 0 aliphatic carbocycles. The van der Waals surface area contributed by atoms with Crippen molar-refractivity contribution in [1.29, 1.82) is 0 Å². The standard InChI is InChI=1S/C12H17NO2S/c1-10(13-14)11-6-3-4-7-12(11)15-8-5-9-16-2/h3-4,6-7,14H,5,8-9H2,1-2H3/b13-10+. The van der Waals surface area contributed by atoms with Crippen LogP contribution >= 0.6 is 11.8 Å². The summed E-state index contributed by atoms with van der Waals surface area (Å²) in [5.74, 6) is 1.87. The van der Waals surface area contributed by atoms with Crippen molar-refractivity contribution >= 4 is 17.5 Å². The van der Waals surface area contributed by atoms with Crippen LogP contribution in [0.15, 0.2) is 29.4 Å². The first-order valence-corrected chi connectivity index (χ1v) is 6.58. The lowest BCUT2D eigenvalue weighted by atomic mass is 10.1. The number of benzene rings is 1. The highest BCUT2D eigenvalue weighted by atomic mass is 32.2. The Morgan fingerprint density at radius 3 is 2.88 bits per heavy atom. The van der Waals surface area contributed by atoms with Crippen molar-refractivity contribution in [2.24, 2.45) is 5.16 Å². The number of hydrogen-bond donors (Lipinski definition) is 1. The minimum Gasteiger partial charge on any atom is -0.493 e. The normalized spacial score (nSPS) is 11.5. The average Bonchev–Trinajstić information content (AvgIpc) is 2.34. The summed E-state index contributed by atoms with van der Waals surface area (Å²) in [5, 5.41) is 11.9. The van der Waals surface area contributed by atoms with Crippen LogP contribution in [-0.2, 0) is 0 Å². The Morgan fingerprint density at radius 2 is 2.19 bits per heavy atom. The van der Waals surface area contributed by atoms with Gasteiger partial charge in [-0.3, -0.25) is 0 Å². The SMILES string of the molecule is CSCCCOc1ccccc1/C(C)=N/O. The number of ether oxygens (including phenoxy) is 1. The molecule has 0 spiro atoms. The van der Waals surface area contributed by atoms with Gasteiger partial charge in [0.1, 0.15) is 5.75 Å². The van der Waals surface area contributed by atoms with Crippen LogP contribution in [-0.4, -0.2) is 29.5 Å². The van der Waals surface area contributed by atoms with Crippen molar-refractivity contribution in [2.75, 3.05) is 18.6 Å². The molecular formula is C12H17NO2S. The molecule has 0 unspecified atom stereocenters. The van der Waals surface area contributed by atoms with Gasteiger partial charge in [0, 0.05) is 5.56 Å². The van der Waals surface area contributed by atoms with Gasteiger partial charge in [-0.2, -0.15) is 11.8 Å². The van der Waals surface area contributed by atoms with E-state index in [1.165, 1.54) is 0 Å². The van der Waals surface area contributed by atoms with Crippen molar-refractivity contribution in [1.82, 2.24) is 0 Å². The van der Waals surface area contributed by atoms with Gasteiger partial charge in [-0.05, 0) is 37.5 Å². The van der Waals surface area contributed by atoms with E-state index in [9.17, 15) is 0 Å². The summed E-state index contributed by atoms with van der Waals surface area (Å²) in [4.78, 5) is 0. The molecule has 16 heavy (non-hydrogen) atoms. The zero-order valence-corrected chi connectivity index (χ0v) is 10.5. The number of para-hydroxylation sites is 1. The van der Waals surface area contributed by atoms with E-state index in [4.69, 9.17) is 9.94 Å². The van der Waals surface area contributed by atoms with Crippen LogP contribution in [0, 0.1) is 0 Å². The highest BCUT2D eigenvalue weighted by Crippen LogP contribution is 2.19. The van der Waals surface area contributed by atoms with Crippen molar-refractivity contribution in [2.45, 2.75) is 13.3 Å². The van der Waals surface area contributed by atoms with Crippen LogP contribution in [0.5, 0.6) is 5.75 Å². The fourth-order valence-corrected chi connectivity index (χ4v) is 1.74. The zero-order valence-electron chi connectivity index (χ0n) is 9.64. The van der Waals surface area contributed by atoms with Crippen LogP contribution in [0.25, 0.3) is 0 Å². The predicted molar refractivity (Wildman–Crippen MR) is 68.9 cm³/mol. The van der Waals surface area contributed by atoms with Gasteiger partial charge in [-0.1, -0.05) is 17.3 Å². The molecular weight excluding hydrogens is 222 g/mol. The van der Waals surface area contributed by atoms with Crippen LogP contribution < -0.4 is 4.74 Å². The van der Waals surface area contributed by atoms with Gasteiger partial charge in [-0.15, -0.1) is 0 Å². The molecule has 0 saturated heterocycles. The second kappa shape index (κ2) is 7.17. The Balaban J connectivity index is 2.64. The molecule has 0 atom stereocenters. The summed E-state index contributed by atoms with van der Waals surface area (Å²) in [6.45, 7) is 2.45. The van der Waals surface area contributed by atoms with E-state index < -0.39 is 0 Å². The van der Waals surface area contributed by atoms with Crippen molar-refractivity contribution < 1.29 is 9.94 Å². The Labute approximate surface area is 101 Å². The smallest absolute Gasteiger partial charge is 0.128 e. The lowest BCUT2D eigenvalue weighted by Crippen LogP contribution is -2.04. The lowest BCUT2D eigenvalue weighted by Gasteiger charge is -2.10. The molecule has 0 amide bonds. The van der Waals surface area contributed by atoms with Gasteiger partial charge in [0.25, 0.3) is 0 Å². The lowest BCUT2D eigenvalue weighted by molar-refractivity contribution is 0.312. The molecule has 0 fully saturated rings. The van der Waals surface area contributed by atoms with Crippen molar-refractivity contribution in [3.63, 3.8) is 0 Å². The number of rotatable bonds is 6. The highest BCUT2D eigenvalue weighted by Gasteiger charge is 2.05. The van der Waals surface area contributed by atoms with E-state index in [2.05, 4.69) is 11.4 Å². The van der Waals surface area contributed by atoms with Crippen LogP contribution in [0.4, 0.5) is 0 Å². The summed E-state index contributed by atoms with van der Waals surface area (Å²) in [5.41, 5.74) is 1.41. The molecule has 1 rings (SSSR count). The van der Waals surface area contributed by atoms with E-state index in [-0.39, 0.29) is 0 Å². The molecule has 0 bridgehead atoms. The van der Waals surface area contributed by atoms with E-state index in [0.29, 0.717) is 12.3 Å². The second-order valence-corrected chi connectivity index (χ2v) is 4.36. The van der Waals surface area contributed by atoms with Crippen molar-refractivity contribution in [3.8, 4) is 5.75 Å². The van der Waals surface area contributed by atoms with Crippen LogP contribution in [0.2, 0.25) is 0 Å². The number of oxime groups is 1. The van der Waals surface area contributed by atoms with Gasteiger partial charge in [0.15, 0.2) is 0 Å². The Hall–Kier alpha value is -1.16. The van der Waals surface area contributed by atoms with Crippen LogP contribution in [0.1, 0.15) is 18.9 Å². The molecule has 0 saturated carbocycles. The molecule has 4 heteroatoms. The highest BCUT2D eigenvalue weighted by molar-refractivity contribution is 7.98. The molecule has 0 aliphatic rings. The minimum absolute atomic E-state index is 0.570. The third-order valence-electron chi connectivity index (χ3n) is 2.18. The molecule has 0 aliphatic heterocycles.